The molecule has 0 aliphatic carbocycles. The van der Waals surface area contributed by atoms with Gasteiger partial charge in [0.1, 0.15) is 13.0 Å². The minimum absolute atomic E-state index is 0.161. The smallest absolute Gasteiger partial charge is 0.383 e. The monoisotopic (exact) mass is 1530 g/mol. The van der Waals surface area contributed by atoms with Gasteiger partial charge in [0, 0.05) is 129 Å². The molecule has 12 rings (SSSR count). The lowest BCUT2D eigenvalue weighted by atomic mass is 10.00. The first-order valence-electron chi connectivity index (χ1n) is 46.3. The van der Waals surface area contributed by atoms with Gasteiger partial charge in [0.05, 0.1) is 78.2 Å². The van der Waals surface area contributed by atoms with Crippen LogP contribution in [0.3, 0.4) is 0 Å². The fourth-order valence-electron chi connectivity index (χ4n) is 11.6. The lowest BCUT2D eigenvalue weighted by molar-refractivity contribution is -0.138. The fourth-order valence-corrected chi connectivity index (χ4v) is 13.5. The number of pyridine rings is 2. The molecule has 0 bridgehead atoms. The summed E-state index contributed by atoms with van der Waals surface area (Å²) < 4.78 is 386. The Kier molecular flexibility index (Phi) is 16.2. The van der Waals surface area contributed by atoms with Gasteiger partial charge in [-0.05, 0) is 133 Å². The molecule has 556 valence electrons. The molecule has 12 nitrogen and oxygen atoms in total. The number of hydrogen-bond donors (Lipinski definition) is 0. The van der Waals surface area contributed by atoms with Gasteiger partial charge in [-0.1, -0.05) is 120 Å². The minimum atomic E-state index is -4.63. The van der Waals surface area contributed by atoms with Crippen molar-refractivity contribution in [3.05, 3.63) is 270 Å². The van der Waals surface area contributed by atoms with E-state index in [-0.39, 0.29) is 59.3 Å². The molecule has 2 amide bonds. The highest BCUT2D eigenvalue weighted by atomic mass is 32.2. The van der Waals surface area contributed by atoms with Gasteiger partial charge in [0.15, 0.2) is 34.1 Å². The molecule has 24 heteroatoms. The number of carbonyl (C=O) groups excluding carboxylic acids is 2. The molecule has 8 aromatic carbocycles. The number of ether oxygens (including phenoxy) is 2. The van der Waals surface area contributed by atoms with Crippen LogP contribution < -0.4 is 10.9 Å². The lowest BCUT2D eigenvalue weighted by Crippen LogP contribution is -2.48. The quantitative estimate of drug-likeness (QED) is 0.0428. The molecule has 2 fully saturated rings. The fraction of sp³-hybridized carbons (Fsp3) is 0.317. The largest absolute Gasteiger partial charge is 0.416 e. The number of fused-ring (bicyclic) bond motifs is 2. The zero-order chi connectivity index (χ0) is 99.9. The summed E-state index contributed by atoms with van der Waals surface area (Å²) in [5.41, 5.74) is -5.29. The molecule has 10 aromatic rings. The zero-order valence-corrected chi connectivity index (χ0v) is 57.5. The lowest BCUT2D eigenvalue weighted by Gasteiger charge is -2.39. The molecule has 2 aliphatic heterocycles. The van der Waals surface area contributed by atoms with Crippen molar-refractivity contribution < 1.29 is 101 Å². The molecule has 2 aromatic heterocycles. The van der Waals surface area contributed by atoms with Crippen LogP contribution in [0.15, 0.2) is 201 Å². The second-order valence-electron chi connectivity index (χ2n) is 24.1. The van der Waals surface area contributed by atoms with Crippen LogP contribution in [0.4, 0.5) is 43.9 Å². The predicted octanol–water partition coefficient (Wildman–Crippen LogP) is 17.4. The van der Waals surface area contributed by atoms with Gasteiger partial charge < -0.3 is 38.2 Å². The number of halogens is 10. The predicted molar refractivity (Wildman–Crippen MR) is 395 cm³/mol. The number of aromatic nitrogens is 2. The van der Waals surface area contributed by atoms with E-state index in [0.717, 1.165) is 63.2 Å². The first-order chi connectivity index (χ1) is 61.7. The zero-order valence-electron chi connectivity index (χ0n) is 83.9. The summed E-state index contributed by atoms with van der Waals surface area (Å²) in [4.78, 5) is 61.6. The number of alkyl halides is 6. The van der Waals surface area contributed by atoms with Gasteiger partial charge in [-0.15, -0.1) is 23.5 Å². The third-order valence-electron chi connectivity index (χ3n) is 17.0. The Morgan fingerprint density at radius 1 is 0.519 bits per heavy atom. The van der Waals surface area contributed by atoms with E-state index in [9.17, 15) is 61.7 Å². The van der Waals surface area contributed by atoms with Crippen molar-refractivity contribution in [1.29, 1.82) is 0 Å². The number of piperidine rings is 2. The van der Waals surface area contributed by atoms with Crippen molar-refractivity contribution >= 4 is 57.1 Å². The van der Waals surface area contributed by atoms with Crippen molar-refractivity contribution in [3.63, 3.8) is 0 Å². The van der Waals surface area contributed by atoms with Gasteiger partial charge in [-0.25, -0.2) is 17.6 Å². The SMILES string of the molecule is [2H]c1c(C)c([2H])c2c(=O)c([2H])c(SCc3cccc(F)c3F)n(C([2H])([2H])C(=O)N(C3CCN(C([2H])([2H])C([2H])([2H])OC([2H])([2H])[2H])CC3)C([2H])([2H])c3ccc(-c4ccc(C(F)(F)F)cc4)cc3)c2c1[2H].[2H]c1c(C)c([2H])c2c(=O)c([2H])c(SCc3cccc(F)c3F)n(C([2H])([2H])C(=O)N(Cc3ccc(-c4ccc(C(F)(F)F)cc4)cc3)C3CCN(C([2H])([2H])C([2H])([2H])OC([2H])([2H])[2H])CC3)c2c1[2H]. The van der Waals surface area contributed by atoms with Crippen molar-refractivity contribution in [2.45, 2.75) is 112 Å². The number of nitrogens with zero attached hydrogens (tertiary/aromatic N) is 6. The Bertz CT molecular complexity index is 6270. The molecule has 2 aliphatic rings. The average Bonchev–Trinajstić information content (AvgIpc) is 0.717. The number of benzene rings is 8. The van der Waals surface area contributed by atoms with Crippen LogP contribution in [0.2, 0.25) is 0 Å². The Morgan fingerprint density at radius 3 is 1.29 bits per heavy atom. The highest BCUT2D eigenvalue weighted by Gasteiger charge is 2.34. The first-order valence-corrected chi connectivity index (χ1v) is 34.3. The van der Waals surface area contributed by atoms with E-state index >= 15 is 9.59 Å². The summed E-state index contributed by atoms with van der Waals surface area (Å²) in [6.07, 6.45) is -10.5. The maximum atomic E-state index is 15.3. The number of rotatable bonds is 24. The number of hydrogen-bond acceptors (Lipinski definition) is 10. The Morgan fingerprint density at radius 2 is 0.896 bits per heavy atom. The highest BCUT2D eigenvalue weighted by Crippen LogP contribution is 2.36. The summed E-state index contributed by atoms with van der Waals surface area (Å²) in [5.74, 6) is -9.41. The maximum Gasteiger partial charge on any atom is 0.416 e. The Balaban J connectivity index is 0.000000258. The number of amides is 2. The second kappa shape index (κ2) is 35.1. The minimum Gasteiger partial charge on any atom is -0.383 e. The van der Waals surface area contributed by atoms with E-state index in [1.54, 1.807) is 12.1 Å². The maximum absolute atomic E-state index is 15.3. The average molecular weight is 1530 g/mol. The van der Waals surface area contributed by atoms with Crippen molar-refractivity contribution in [2.75, 3.05) is 66.4 Å². The normalized spacial score (nSPS) is 19.2. The van der Waals surface area contributed by atoms with Gasteiger partial charge in [0.2, 0.25) is 11.8 Å². The van der Waals surface area contributed by atoms with Crippen LogP contribution in [0.5, 0.6) is 0 Å². The van der Waals surface area contributed by atoms with E-state index < -0.39 is 265 Å². The Hall–Kier alpha value is -9.04. The number of likely N-dealkylation sites (tertiary alicyclic amines) is 2. The molecule has 0 saturated carbocycles. The van der Waals surface area contributed by atoms with Gasteiger partial charge in [0.25, 0.3) is 0 Å². The molecular weight excluding hydrogens is 1420 g/mol. The van der Waals surface area contributed by atoms with Crippen LogP contribution in [0.1, 0.15) is 109 Å². The van der Waals surface area contributed by atoms with Crippen molar-refractivity contribution in [3.8, 4) is 22.3 Å². The van der Waals surface area contributed by atoms with Crippen LogP contribution >= 0.6 is 23.5 Å². The van der Waals surface area contributed by atoms with E-state index in [0.29, 0.717) is 59.8 Å². The molecule has 0 radical (unpaired) electrons. The highest BCUT2D eigenvalue weighted by molar-refractivity contribution is 7.98. The van der Waals surface area contributed by atoms with Crippen LogP contribution in [-0.4, -0.2) is 119 Å². The molecule has 0 N–H and O–H groups in total. The number of carbonyl (C=O) groups is 2. The van der Waals surface area contributed by atoms with Crippen molar-refractivity contribution in [2.24, 2.45) is 0 Å². The molecule has 0 unspecified atom stereocenters. The third-order valence-corrected chi connectivity index (χ3v) is 19.1. The van der Waals surface area contributed by atoms with E-state index in [4.69, 9.17) is 30.2 Å². The summed E-state index contributed by atoms with van der Waals surface area (Å²) >= 11 is 0.833. The number of methoxy groups -OCH3 is 2. The van der Waals surface area contributed by atoms with Gasteiger partial charge in [-0.3, -0.25) is 19.2 Å². The Labute approximate surface area is 655 Å². The van der Waals surface area contributed by atoms with E-state index in [1.807, 2.05) is 0 Å². The van der Waals surface area contributed by atoms with Crippen molar-refractivity contribution in [1.82, 2.24) is 28.7 Å². The number of thioether (sulfide) groups is 2. The van der Waals surface area contributed by atoms with Gasteiger partial charge >= 0.3 is 12.4 Å². The van der Waals surface area contributed by atoms with Crippen LogP contribution in [0.25, 0.3) is 44.1 Å². The van der Waals surface area contributed by atoms with E-state index in [1.165, 1.54) is 86.6 Å². The van der Waals surface area contributed by atoms with Gasteiger partial charge in [-0.2, -0.15) is 26.3 Å². The second-order valence-corrected chi connectivity index (χ2v) is 26.0. The molecule has 0 atom stereocenters. The third kappa shape index (κ3) is 19.6. The van der Waals surface area contributed by atoms with Crippen LogP contribution in [0, 0.1) is 37.1 Å². The first kappa shape index (κ1) is 49.0. The molecular formula is C82H80F10N6O6S2. The van der Waals surface area contributed by atoms with E-state index in [2.05, 4.69) is 9.47 Å². The molecule has 106 heavy (non-hydrogen) atoms. The standard InChI is InChI=1S/2C41H40F5N3O3S/c2*1-27-6-15-36-34(22-27)37(50)23-39(53-26-31-4-3-5-35(42)40(31)43)49(36)25-38(51)48(33-16-18-47(19-17-33)20-21-52-2)24-28-7-9-29(10-8-28)30-11-13-32(14-12-30)41(44,45)46/h2*3-15,22-23,33H,16-21,24-26H2,1-2H3/i2D3,6D,15D,20D2,21D2,22D,23D,24D2,25D2;2D3,6D,15D,20D2,21D2,22D,23D,25D2. The molecule has 0 spiro atoms. The molecule has 4 heterocycles. The summed E-state index contributed by atoms with van der Waals surface area (Å²) in [5, 5.41) is -2.82. The summed E-state index contributed by atoms with van der Waals surface area (Å²) in [6.45, 7) is -22.9. The summed E-state index contributed by atoms with van der Waals surface area (Å²) in [6, 6.07) is 17.1. The topological polar surface area (TPSA) is 110 Å². The molecule has 2 saturated heterocycles. The summed E-state index contributed by atoms with van der Waals surface area (Å²) in [7, 11) is -6.70. The van der Waals surface area contributed by atoms with Crippen LogP contribution in [-0.2, 0) is 69.0 Å².